The Balaban J connectivity index is 1.39. The Morgan fingerprint density at radius 3 is 3.00 bits per heavy atom. The van der Waals surface area contributed by atoms with E-state index in [1.54, 1.807) is 6.20 Å². The quantitative estimate of drug-likeness (QED) is 0.735. The molecule has 2 fully saturated rings. The SMILES string of the molecule is O=C1C[C@@H](NCc2ncc[nH]2)CN1CCN1CCOCC1. The number of ether oxygens (including phenoxy) is 1. The largest absolute Gasteiger partial charge is 0.379 e. The van der Waals surface area contributed by atoms with Crippen LogP contribution in [0.4, 0.5) is 0 Å². The van der Waals surface area contributed by atoms with Crippen molar-refractivity contribution in [3.63, 3.8) is 0 Å². The van der Waals surface area contributed by atoms with E-state index < -0.39 is 0 Å². The van der Waals surface area contributed by atoms with Crippen molar-refractivity contribution < 1.29 is 9.53 Å². The molecule has 1 amide bonds. The molecule has 0 aromatic carbocycles. The Hall–Kier alpha value is -1.44. The van der Waals surface area contributed by atoms with Crippen molar-refractivity contribution in [1.29, 1.82) is 0 Å². The molecule has 1 aromatic rings. The fraction of sp³-hybridized carbons (Fsp3) is 0.714. The number of hydrogen-bond acceptors (Lipinski definition) is 5. The Morgan fingerprint density at radius 2 is 2.24 bits per heavy atom. The van der Waals surface area contributed by atoms with Crippen LogP contribution in [0.15, 0.2) is 12.4 Å². The predicted octanol–water partition coefficient (Wildman–Crippen LogP) is -0.568. The van der Waals surface area contributed by atoms with Crippen LogP contribution in [0.25, 0.3) is 0 Å². The summed E-state index contributed by atoms with van der Waals surface area (Å²) in [6.45, 7) is 6.80. The summed E-state index contributed by atoms with van der Waals surface area (Å²) in [5.74, 6) is 1.16. The molecule has 0 aliphatic carbocycles. The maximum Gasteiger partial charge on any atom is 0.224 e. The van der Waals surface area contributed by atoms with E-state index in [0.717, 1.165) is 51.8 Å². The van der Waals surface area contributed by atoms with Crippen LogP contribution in [0.3, 0.4) is 0 Å². The average Bonchev–Trinajstić information content (AvgIpc) is 3.14. The van der Waals surface area contributed by atoms with Gasteiger partial charge in [-0.1, -0.05) is 0 Å². The van der Waals surface area contributed by atoms with Gasteiger partial charge < -0.3 is 19.9 Å². The fourth-order valence-corrected chi connectivity index (χ4v) is 2.85. The van der Waals surface area contributed by atoms with Crippen molar-refractivity contribution in [2.45, 2.75) is 19.0 Å². The van der Waals surface area contributed by atoms with Crippen molar-refractivity contribution in [1.82, 2.24) is 25.1 Å². The predicted molar refractivity (Wildman–Crippen MR) is 77.7 cm³/mol. The minimum atomic E-state index is 0.229. The van der Waals surface area contributed by atoms with Crippen LogP contribution in [-0.2, 0) is 16.1 Å². The first kappa shape index (κ1) is 14.5. The molecule has 0 radical (unpaired) electrons. The lowest BCUT2D eigenvalue weighted by Crippen LogP contribution is -2.42. The number of morpholine rings is 1. The Kier molecular flexibility index (Phi) is 4.84. The second-order valence-electron chi connectivity index (χ2n) is 5.61. The average molecular weight is 293 g/mol. The van der Waals surface area contributed by atoms with Gasteiger partial charge in [-0.2, -0.15) is 0 Å². The monoisotopic (exact) mass is 293 g/mol. The summed E-state index contributed by atoms with van der Waals surface area (Å²) in [4.78, 5) is 23.6. The minimum absolute atomic E-state index is 0.229. The van der Waals surface area contributed by atoms with Crippen LogP contribution in [0.1, 0.15) is 12.2 Å². The number of imidazole rings is 1. The van der Waals surface area contributed by atoms with Crippen molar-refractivity contribution in [3.05, 3.63) is 18.2 Å². The van der Waals surface area contributed by atoms with Gasteiger partial charge in [0.2, 0.25) is 5.91 Å². The molecule has 0 saturated carbocycles. The number of carbonyl (C=O) groups excluding carboxylic acids is 1. The highest BCUT2D eigenvalue weighted by Gasteiger charge is 2.29. The van der Waals surface area contributed by atoms with Crippen molar-refractivity contribution in [2.24, 2.45) is 0 Å². The first-order valence-electron chi connectivity index (χ1n) is 7.61. The third kappa shape index (κ3) is 4.03. The van der Waals surface area contributed by atoms with Crippen LogP contribution in [0.5, 0.6) is 0 Å². The molecule has 7 nitrogen and oxygen atoms in total. The van der Waals surface area contributed by atoms with Gasteiger partial charge in [0.25, 0.3) is 0 Å². The van der Waals surface area contributed by atoms with Gasteiger partial charge in [0.15, 0.2) is 0 Å². The van der Waals surface area contributed by atoms with Gasteiger partial charge in [-0.25, -0.2) is 4.98 Å². The summed E-state index contributed by atoms with van der Waals surface area (Å²) in [6.07, 6.45) is 4.14. The minimum Gasteiger partial charge on any atom is -0.379 e. The molecular weight excluding hydrogens is 270 g/mol. The van der Waals surface area contributed by atoms with E-state index in [0.29, 0.717) is 13.0 Å². The highest BCUT2D eigenvalue weighted by molar-refractivity contribution is 5.79. The maximum atomic E-state index is 12.0. The van der Waals surface area contributed by atoms with Gasteiger partial charge in [-0.3, -0.25) is 9.69 Å². The molecule has 2 aliphatic rings. The van der Waals surface area contributed by atoms with Crippen LogP contribution in [0, 0.1) is 0 Å². The second kappa shape index (κ2) is 7.02. The lowest BCUT2D eigenvalue weighted by atomic mass is 10.2. The van der Waals surface area contributed by atoms with Crippen LogP contribution in [0.2, 0.25) is 0 Å². The standard InChI is InChI=1S/C14H23N5O2/c20-14-9-12(17-10-13-15-1-2-16-13)11-19(14)4-3-18-5-7-21-8-6-18/h1-2,12,17H,3-11H2,(H,15,16)/t12-/m1/s1. The molecule has 2 N–H and O–H groups in total. The van der Waals surface area contributed by atoms with E-state index in [1.165, 1.54) is 0 Å². The Bertz CT molecular complexity index is 444. The molecule has 3 heterocycles. The van der Waals surface area contributed by atoms with Gasteiger partial charge >= 0.3 is 0 Å². The number of H-pyrrole nitrogens is 1. The third-order valence-electron chi connectivity index (χ3n) is 4.12. The number of rotatable bonds is 6. The lowest BCUT2D eigenvalue weighted by Gasteiger charge is -2.28. The molecule has 116 valence electrons. The van der Waals surface area contributed by atoms with Crippen molar-refractivity contribution in [3.8, 4) is 0 Å². The maximum absolute atomic E-state index is 12.0. The van der Waals surface area contributed by atoms with Crippen molar-refractivity contribution in [2.75, 3.05) is 45.9 Å². The zero-order chi connectivity index (χ0) is 14.5. The van der Waals surface area contributed by atoms with Gasteiger partial charge in [0.05, 0.1) is 19.8 Å². The number of aromatic nitrogens is 2. The van der Waals surface area contributed by atoms with E-state index in [2.05, 4.69) is 20.2 Å². The van der Waals surface area contributed by atoms with Crippen LogP contribution < -0.4 is 5.32 Å². The molecule has 0 unspecified atom stereocenters. The van der Waals surface area contributed by atoms with Gasteiger partial charge in [0, 0.05) is 57.6 Å². The third-order valence-corrected chi connectivity index (χ3v) is 4.12. The zero-order valence-electron chi connectivity index (χ0n) is 12.3. The number of nitrogens with one attached hydrogen (secondary N) is 2. The number of nitrogens with zero attached hydrogens (tertiary/aromatic N) is 3. The number of likely N-dealkylation sites (tertiary alicyclic amines) is 1. The second-order valence-corrected chi connectivity index (χ2v) is 5.61. The number of hydrogen-bond donors (Lipinski definition) is 2. The summed E-state index contributed by atoms with van der Waals surface area (Å²) < 4.78 is 5.34. The zero-order valence-corrected chi connectivity index (χ0v) is 12.3. The highest BCUT2D eigenvalue weighted by atomic mass is 16.5. The molecule has 2 aliphatic heterocycles. The summed E-state index contributed by atoms with van der Waals surface area (Å²) in [6, 6.07) is 0.229. The van der Waals surface area contributed by atoms with Gasteiger partial charge in [-0.05, 0) is 0 Å². The van der Waals surface area contributed by atoms with E-state index in [4.69, 9.17) is 4.74 Å². The molecule has 21 heavy (non-hydrogen) atoms. The molecule has 7 heteroatoms. The van der Waals surface area contributed by atoms with E-state index >= 15 is 0 Å². The molecule has 2 saturated heterocycles. The fourth-order valence-electron chi connectivity index (χ4n) is 2.85. The Morgan fingerprint density at radius 1 is 1.38 bits per heavy atom. The van der Waals surface area contributed by atoms with Crippen LogP contribution in [-0.4, -0.2) is 77.7 Å². The first-order chi connectivity index (χ1) is 10.3. The number of amides is 1. The highest BCUT2D eigenvalue weighted by Crippen LogP contribution is 2.11. The molecule has 1 atom stereocenters. The number of carbonyl (C=O) groups is 1. The first-order valence-corrected chi connectivity index (χ1v) is 7.61. The van der Waals surface area contributed by atoms with Crippen LogP contribution >= 0.6 is 0 Å². The topological polar surface area (TPSA) is 73.5 Å². The van der Waals surface area contributed by atoms with Gasteiger partial charge in [0.1, 0.15) is 5.82 Å². The number of aromatic amines is 1. The Labute approximate surface area is 124 Å². The van der Waals surface area contributed by atoms with E-state index in [9.17, 15) is 4.79 Å². The molecular formula is C14H23N5O2. The normalized spacial score (nSPS) is 23.9. The lowest BCUT2D eigenvalue weighted by molar-refractivity contribution is -0.128. The van der Waals surface area contributed by atoms with Gasteiger partial charge in [-0.15, -0.1) is 0 Å². The molecule has 3 rings (SSSR count). The summed E-state index contributed by atoms with van der Waals surface area (Å²) in [7, 11) is 0. The van der Waals surface area contributed by atoms with E-state index in [-0.39, 0.29) is 11.9 Å². The molecule has 0 bridgehead atoms. The smallest absolute Gasteiger partial charge is 0.224 e. The summed E-state index contributed by atoms with van der Waals surface area (Å²) in [5.41, 5.74) is 0. The van der Waals surface area contributed by atoms with Crippen molar-refractivity contribution >= 4 is 5.91 Å². The van der Waals surface area contributed by atoms with E-state index in [1.807, 2.05) is 11.1 Å². The summed E-state index contributed by atoms with van der Waals surface area (Å²) >= 11 is 0. The summed E-state index contributed by atoms with van der Waals surface area (Å²) in [5, 5.41) is 3.39. The molecule has 1 aromatic heterocycles. The molecule has 0 spiro atoms.